The number of halogens is 1. The number of aromatic nitrogens is 4. The van der Waals surface area contributed by atoms with Gasteiger partial charge in [-0.3, -0.25) is 4.79 Å². The summed E-state index contributed by atoms with van der Waals surface area (Å²) in [6.07, 6.45) is 2.85. The minimum atomic E-state index is -0.196. The minimum absolute atomic E-state index is 0.184. The zero-order chi connectivity index (χ0) is 18.8. The molecule has 0 N–H and O–H groups in total. The summed E-state index contributed by atoms with van der Waals surface area (Å²) in [5.41, 5.74) is 1.31. The summed E-state index contributed by atoms with van der Waals surface area (Å²) < 4.78 is 19.9. The van der Waals surface area contributed by atoms with Crippen LogP contribution in [0.2, 0.25) is 0 Å². The molecule has 140 valence electrons. The molecule has 7 nitrogen and oxygen atoms in total. The summed E-state index contributed by atoms with van der Waals surface area (Å²) in [6, 6.07) is 9.81. The van der Waals surface area contributed by atoms with E-state index < -0.39 is 0 Å². The highest BCUT2D eigenvalue weighted by molar-refractivity contribution is 5.47. The third kappa shape index (κ3) is 3.89. The number of aryl methyl sites for hydroxylation is 1. The van der Waals surface area contributed by atoms with Crippen LogP contribution in [0.4, 0.5) is 10.3 Å². The number of hydrogen-bond donors (Lipinski definition) is 0. The largest absolute Gasteiger partial charge is 0.338 e. The topological polar surface area (TPSA) is 77.1 Å². The van der Waals surface area contributed by atoms with Crippen LogP contribution in [0, 0.1) is 11.7 Å². The van der Waals surface area contributed by atoms with Crippen LogP contribution < -0.4 is 10.5 Å². The van der Waals surface area contributed by atoms with Gasteiger partial charge < -0.3 is 9.42 Å². The standard InChI is InChI=1S/C19H20FN5O2/c1-24-17(26)6-5-16(22-24)18-21-19(23-27-18)25-9-7-13(8-10-25)11-14-3-2-4-15(20)12-14/h2-6,12-13H,7-11H2,1H3. The molecular weight excluding hydrogens is 349 g/mol. The number of benzene rings is 1. The van der Waals surface area contributed by atoms with E-state index in [1.165, 1.54) is 16.8 Å². The Balaban J connectivity index is 1.39. The SMILES string of the molecule is Cn1nc(-c2nc(N3CCC(Cc4cccc(F)c4)CC3)no2)ccc1=O. The van der Waals surface area contributed by atoms with Gasteiger partial charge in [-0.05, 0) is 54.1 Å². The maximum atomic E-state index is 13.3. The van der Waals surface area contributed by atoms with Crippen molar-refractivity contribution in [3.8, 4) is 11.6 Å². The fourth-order valence-corrected chi connectivity index (χ4v) is 3.40. The molecule has 1 aromatic carbocycles. The van der Waals surface area contributed by atoms with Gasteiger partial charge in [0.05, 0.1) is 0 Å². The van der Waals surface area contributed by atoms with Crippen LogP contribution in [0.25, 0.3) is 11.6 Å². The van der Waals surface area contributed by atoms with Crippen molar-refractivity contribution in [3.05, 3.63) is 58.1 Å². The lowest BCUT2D eigenvalue weighted by molar-refractivity contribution is 0.389. The third-order valence-corrected chi connectivity index (χ3v) is 4.91. The van der Waals surface area contributed by atoms with Crippen molar-refractivity contribution in [1.82, 2.24) is 19.9 Å². The van der Waals surface area contributed by atoms with Gasteiger partial charge in [0.2, 0.25) is 0 Å². The quantitative estimate of drug-likeness (QED) is 0.703. The summed E-state index contributed by atoms with van der Waals surface area (Å²) in [6.45, 7) is 1.64. The first-order valence-corrected chi connectivity index (χ1v) is 8.96. The molecular formula is C19H20FN5O2. The van der Waals surface area contributed by atoms with Gasteiger partial charge in [0.1, 0.15) is 11.5 Å². The van der Waals surface area contributed by atoms with E-state index in [0.717, 1.165) is 37.9 Å². The molecule has 4 rings (SSSR count). The van der Waals surface area contributed by atoms with E-state index in [1.807, 2.05) is 6.07 Å². The van der Waals surface area contributed by atoms with E-state index >= 15 is 0 Å². The smallest absolute Gasteiger partial charge is 0.279 e. The zero-order valence-corrected chi connectivity index (χ0v) is 15.0. The van der Waals surface area contributed by atoms with Crippen LogP contribution in [0.5, 0.6) is 0 Å². The van der Waals surface area contributed by atoms with Crippen molar-refractivity contribution < 1.29 is 8.91 Å². The van der Waals surface area contributed by atoms with Gasteiger partial charge in [0.15, 0.2) is 0 Å². The Morgan fingerprint density at radius 2 is 2.04 bits per heavy atom. The van der Waals surface area contributed by atoms with Crippen LogP contribution >= 0.6 is 0 Å². The predicted octanol–water partition coefficient (Wildman–Crippen LogP) is 2.43. The molecule has 0 bridgehead atoms. The maximum Gasteiger partial charge on any atom is 0.279 e. The van der Waals surface area contributed by atoms with Gasteiger partial charge in [-0.25, -0.2) is 9.07 Å². The fourth-order valence-electron chi connectivity index (χ4n) is 3.40. The minimum Gasteiger partial charge on any atom is -0.338 e. The van der Waals surface area contributed by atoms with E-state index in [2.05, 4.69) is 20.1 Å². The van der Waals surface area contributed by atoms with E-state index in [-0.39, 0.29) is 11.4 Å². The molecule has 0 saturated carbocycles. The molecule has 0 unspecified atom stereocenters. The summed E-state index contributed by atoms with van der Waals surface area (Å²) in [7, 11) is 1.58. The van der Waals surface area contributed by atoms with Crippen LogP contribution in [-0.4, -0.2) is 33.0 Å². The Morgan fingerprint density at radius 1 is 1.22 bits per heavy atom. The van der Waals surface area contributed by atoms with Gasteiger partial charge in [0, 0.05) is 26.2 Å². The maximum absolute atomic E-state index is 13.3. The molecule has 27 heavy (non-hydrogen) atoms. The van der Waals surface area contributed by atoms with E-state index in [1.54, 1.807) is 25.2 Å². The fraction of sp³-hybridized carbons (Fsp3) is 0.368. The third-order valence-electron chi connectivity index (χ3n) is 4.91. The number of nitrogens with zero attached hydrogens (tertiary/aromatic N) is 5. The molecule has 0 amide bonds. The molecule has 0 spiro atoms. The summed E-state index contributed by atoms with van der Waals surface area (Å²) >= 11 is 0. The average Bonchev–Trinajstić information content (AvgIpc) is 3.15. The van der Waals surface area contributed by atoms with Crippen molar-refractivity contribution in [1.29, 1.82) is 0 Å². The van der Waals surface area contributed by atoms with Crippen molar-refractivity contribution in [3.63, 3.8) is 0 Å². The monoisotopic (exact) mass is 369 g/mol. The van der Waals surface area contributed by atoms with Crippen LogP contribution in [0.15, 0.2) is 45.7 Å². The Bertz CT molecular complexity index is 992. The Labute approximate surface area is 155 Å². The normalized spacial score (nSPS) is 15.3. The van der Waals surface area contributed by atoms with Crippen molar-refractivity contribution in [2.24, 2.45) is 13.0 Å². The van der Waals surface area contributed by atoms with E-state index in [4.69, 9.17) is 4.52 Å². The number of anilines is 1. The highest BCUT2D eigenvalue weighted by atomic mass is 19.1. The summed E-state index contributed by atoms with van der Waals surface area (Å²) in [5.74, 6) is 1.16. The highest BCUT2D eigenvalue weighted by Gasteiger charge is 2.23. The lowest BCUT2D eigenvalue weighted by Crippen LogP contribution is -2.35. The van der Waals surface area contributed by atoms with Crippen LogP contribution in [-0.2, 0) is 13.5 Å². The second-order valence-electron chi connectivity index (χ2n) is 6.84. The number of rotatable bonds is 4. The molecule has 3 heterocycles. The van der Waals surface area contributed by atoms with Crippen molar-refractivity contribution in [2.75, 3.05) is 18.0 Å². The van der Waals surface area contributed by atoms with Gasteiger partial charge in [0.25, 0.3) is 17.4 Å². The first kappa shape index (κ1) is 17.4. The molecule has 1 fully saturated rings. The molecule has 1 aliphatic heterocycles. The summed E-state index contributed by atoms with van der Waals surface area (Å²) in [4.78, 5) is 17.9. The van der Waals surface area contributed by atoms with Crippen molar-refractivity contribution in [2.45, 2.75) is 19.3 Å². The second kappa shape index (κ2) is 7.30. The molecule has 0 radical (unpaired) electrons. The molecule has 1 aliphatic rings. The Hall–Kier alpha value is -3.03. The molecule has 0 atom stereocenters. The predicted molar refractivity (Wildman–Crippen MR) is 97.8 cm³/mol. The van der Waals surface area contributed by atoms with Gasteiger partial charge in [-0.2, -0.15) is 10.1 Å². The van der Waals surface area contributed by atoms with Crippen molar-refractivity contribution >= 4 is 5.95 Å². The van der Waals surface area contributed by atoms with Gasteiger partial charge >= 0.3 is 0 Å². The average molecular weight is 369 g/mol. The van der Waals surface area contributed by atoms with Gasteiger partial charge in [-0.1, -0.05) is 12.1 Å². The molecule has 1 saturated heterocycles. The second-order valence-corrected chi connectivity index (χ2v) is 6.84. The lowest BCUT2D eigenvalue weighted by atomic mass is 9.90. The molecule has 3 aromatic rings. The van der Waals surface area contributed by atoms with Crippen LogP contribution in [0.3, 0.4) is 0 Å². The van der Waals surface area contributed by atoms with Gasteiger partial charge in [-0.15, -0.1) is 0 Å². The van der Waals surface area contributed by atoms with Crippen LogP contribution in [0.1, 0.15) is 18.4 Å². The zero-order valence-electron chi connectivity index (χ0n) is 15.0. The lowest BCUT2D eigenvalue weighted by Gasteiger charge is -2.30. The molecule has 8 heteroatoms. The number of hydrogen-bond acceptors (Lipinski definition) is 6. The van der Waals surface area contributed by atoms with E-state index in [9.17, 15) is 9.18 Å². The summed E-state index contributed by atoms with van der Waals surface area (Å²) in [5, 5.41) is 8.18. The Morgan fingerprint density at radius 3 is 2.78 bits per heavy atom. The highest BCUT2D eigenvalue weighted by Crippen LogP contribution is 2.25. The number of piperidine rings is 1. The first-order chi connectivity index (χ1) is 13.1. The molecule has 2 aromatic heterocycles. The first-order valence-electron chi connectivity index (χ1n) is 8.96. The Kier molecular flexibility index (Phi) is 4.70. The van der Waals surface area contributed by atoms with E-state index in [0.29, 0.717) is 23.5 Å². The molecule has 0 aliphatic carbocycles.